The molecule has 2 bridgehead atoms. The first kappa shape index (κ1) is 62.6. The summed E-state index contributed by atoms with van der Waals surface area (Å²) in [6, 6.07) is 19.5. The standard InChI is InChI=1S/C65H77N9O16/c1-61-19-17-42(75)25-41(61)14-15-43-44-26-50-65(62(44,2)28-46(76)53(43)61,90-57(89-50)40-12-7-37(8-13-40)27-63-32-64(66,33-63)34-63)49(78)31-87-60(84)74(4)22-21-73(3)59(83)86-29-38-9-16-48(88-58-55(82)54(81)47(77)30-85-58)45(23-38)70-51(79)18-20-67-52(80)24-36-5-10-39(11-6-36)56-71-68-35-69-72-56/h5-13,16-17,19,23,25,35,43-44,46-47,50,53-55,57-58,76-77,81-82H,14-15,18,20-22,24,26-34,66H2,1-4H3,(H,67,80)(H,70,79)/t43-,44-,46-,47+,50+,53+,54-,55+,57+,58-,61-,62-,63?,64?,65+/m0/s1. The minimum Gasteiger partial charge on any atom is -0.460 e. The largest absolute Gasteiger partial charge is 0.460 e. The molecule has 8 N–H and O–H groups in total. The molecule has 3 aromatic carbocycles. The Kier molecular flexibility index (Phi) is 17.1. The molecule has 2 saturated heterocycles. The fourth-order valence-electron chi connectivity index (χ4n) is 16.0. The Balaban J connectivity index is 0.658. The second-order valence-corrected chi connectivity index (χ2v) is 26.5. The number of allylic oxidation sites excluding steroid dienone is 4. The van der Waals surface area contributed by atoms with Gasteiger partial charge in [0.15, 0.2) is 30.6 Å². The number of rotatable bonds is 20. The van der Waals surface area contributed by atoms with Crippen molar-refractivity contribution in [2.75, 3.05) is 52.3 Å². The molecule has 90 heavy (non-hydrogen) atoms. The van der Waals surface area contributed by atoms with Crippen LogP contribution in [-0.4, -0.2) is 181 Å². The van der Waals surface area contributed by atoms with Crippen LogP contribution in [0.1, 0.15) is 93.8 Å². The third-order valence-electron chi connectivity index (χ3n) is 20.4. The number of carbonyl (C=O) groups excluding carboxylic acids is 6. The lowest BCUT2D eigenvalue weighted by Gasteiger charge is -2.69. The maximum absolute atomic E-state index is 15.2. The summed E-state index contributed by atoms with van der Waals surface area (Å²) in [6.07, 6.45) is 2.28. The van der Waals surface area contributed by atoms with E-state index in [1.165, 1.54) is 54.0 Å². The third-order valence-corrected chi connectivity index (χ3v) is 20.4. The fraction of sp³-hybridized carbons (Fsp3) is 0.538. The predicted octanol–water partition coefficient (Wildman–Crippen LogP) is 3.81. The van der Waals surface area contributed by atoms with E-state index in [2.05, 4.69) is 50.1 Å². The molecule has 25 nitrogen and oxygen atoms in total. The first-order valence-corrected chi connectivity index (χ1v) is 30.7. The van der Waals surface area contributed by atoms with E-state index in [1.54, 1.807) is 36.4 Å². The van der Waals surface area contributed by atoms with Gasteiger partial charge in [0.2, 0.25) is 29.7 Å². The van der Waals surface area contributed by atoms with Crippen LogP contribution >= 0.6 is 0 Å². The predicted molar refractivity (Wildman–Crippen MR) is 318 cm³/mol. The molecular weight excluding hydrogens is 1160 g/mol. The van der Waals surface area contributed by atoms with Crippen molar-refractivity contribution in [1.29, 1.82) is 0 Å². The van der Waals surface area contributed by atoms with Gasteiger partial charge >= 0.3 is 12.2 Å². The zero-order valence-electron chi connectivity index (χ0n) is 50.7. The monoisotopic (exact) mass is 1240 g/mol. The number of aliphatic hydroxyl groups is 4. The molecule has 0 spiro atoms. The Morgan fingerprint density at radius 1 is 0.833 bits per heavy atom. The Morgan fingerprint density at radius 2 is 1.52 bits per heavy atom. The number of benzene rings is 3. The highest BCUT2D eigenvalue weighted by molar-refractivity contribution is 6.01. The van der Waals surface area contributed by atoms with Gasteiger partial charge in [0, 0.05) is 73.6 Å². The van der Waals surface area contributed by atoms with E-state index < -0.39 is 90.0 Å². The number of ether oxygens (including phenoxy) is 6. The summed E-state index contributed by atoms with van der Waals surface area (Å²) in [5.74, 6) is -1.45. The van der Waals surface area contributed by atoms with E-state index in [9.17, 15) is 44.4 Å². The van der Waals surface area contributed by atoms with Gasteiger partial charge in [-0.15, -0.1) is 20.4 Å². The minimum atomic E-state index is -1.66. The van der Waals surface area contributed by atoms with Crippen molar-refractivity contribution in [3.63, 3.8) is 0 Å². The van der Waals surface area contributed by atoms with Gasteiger partial charge in [-0.25, -0.2) is 9.59 Å². The van der Waals surface area contributed by atoms with Crippen LogP contribution in [0.4, 0.5) is 15.3 Å². The molecule has 9 aliphatic rings. The van der Waals surface area contributed by atoms with Crippen molar-refractivity contribution in [2.45, 2.75) is 139 Å². The van der Waals surface area contributed by atoms with Crippen LogP contribution in [0.5, 0.6) is 5.75 Å². The lowest BCUT2D eigenvalue weighted by Crippen LogP contribution is -2.72. The van der Waals surface area contributed by atoms with Gasteiger partial charge in [0.05, 0.1) is 30.9 Å². The van der Waals surface area contributed by atoms with E-state index in [0.29, 0.717) is 41.8 Å². The van der Waals surface area contributed by atoms with Crippen molar-refractivity contribution in [1.82, 2.24) is 35.5 Å². The van der Waals surface area contributed by atoms with Gasteiger partial charge in [-0.3, -0.25) is 19.2 Å². The van der Waals surface area contributed by atoms with Crippen molar-refractivity contribution in [3.8, 4) is 17.1 Å². The molecule has 13 atom stereocenters. The number of ketones is 2. The number of likely N-dealkylation sites (N-methyl/N-ethyl adjacent to an activating group) is 2. The first-order valence-electron chi connectivity index (χ1n) is 30.7. The third kappa shape index (κ3) is 11.9. The molecule has 8 fully saturated rings. The first-order chi connectivity index (χ1) is 43.0. The summed E-state index contributed by atoms with van der Waals surface area (Å²) in [6.45, 7) is 2.72. The Bertz CT molecular complexity index is 3460. The Morgan fingerprint density at radius 3 is 2.23 bits per heavy atom. The van der Waals surface area contributed by atoms with Crippen molar-refractivity contribution in [3.05, 3.63) is 119 Å². The van der Waals surface area contributed by atoms with Gasteiger partial charge in [-0.1, -0.05) is 80.1 Å². The number of nitrogens with two attached hydrogens (primary N) is 1. The molecule has 6 saturated carbocycles. The van der Waals surface area contributed by atoms with Crippen LogP contribution < -0.4 is 21.1 Å². The molecule has 3 heterocycles. The van der Waals surface area contributed by atoms with E-state index in [-0.39, 0.29) is 104 Å². The van der Waals surface area contributed by atoms with Gasteiger partial charge in [-0.05, 0) is 110 Å². The molecule has 2 aliphatic heterocycles. The molecule has 478 valence electrons. The van der Waals surface area contributed by atoms with Gasteiger partial charge in [0.25, 0.3) is 0 Å². The Hall–Kier alpha value is -7.62. The molecule has 1 aromatic heterocycles. The highest BCUT2D eigenvalue weighted by Crippen LogP contribution is 2.71. The van der Waals surface area contributed by atoms with Crippen LogP contribution in [0.15, 0.2) is 96.9 Å². The molecular formula is C65H77N9O16. The zero-order valence-corrected chi connectivity index (χ0v) is 50.7. The number of hydrogen-bond donors (Lipinski definition) is 7. The number of hydrogen-bond acceptors (Lipinski definition) is 21. The highest BCUT2D eigenvalue weighted by Gasteiger charge is 2.76. The van der Waals surface area contributed by atoms with Gasteiger partial charge < -0.3 is 75.0 Å². The second-order valence-electron chi connectivity index (χ2n) is 26.5. The van der Waals surface area contributed by atoms with Crippen LogP contribution in [-0.2, 0) is 62.3 Å². The number of anilines is 1. The second kappa shape index (κ2) is 24.5. The summed E-state index contributed by atoms with van der Waals surface area (Å²) in [4.78, 5) is 83.6. The number of fused-ring (bicyclic) bond motifs is 7. The average Bonchev–Trinajstić information content (AvgIpc) is 1.46. The molecule has 13 rings (SSSR count). The lowest BCUT2D eigenvalue weighted by molar-refractivity contribution is -0.241. The topological polar surface area (TPSA) is 347 Å². The van der Waals surface area contributed by atoms with Crippen LogP contribution in [0, 0.1) is 34.0 Å². The maximum atomic E-state index is 15.2. The fourth-order valence-corrected chi connectivity index (χ4v) is 16.0. The smallest absolute Gasteiger partial charge is 0.409 e. The molecule has 4 aromatic rings. The highest BCUT2D eigenvalue weighted by atomic mass is 16.7. The molecule has 0 radical (unpaired) electrons. The Labute approximate surface area is 519 Å². The van der Waals surface area contributed by atoms with Crippen LogP contribution in [0.3, 0.4) is 0 Å². The normalized spacial score (nSPS) is 33.3. The summed E-state index contributed by atoms with van der Waals surface area (Å²) >= 11 is 0. The van der Waals surface area contributed by atoms with E-state index >= 15 is 4.79 Å². The summed E-state index contributed by atoms with van der Waals surface area (Å²) < 4.78 is 36.6. The van der Waals surface area contributed by atoms with Crippen LogP contribution in [0.25, 0.3) is 11.4 Å². The van der Waals surface area contributed by atoms with Crippen molar-refractivity contribution < 1.29 is 77.6 Å². The number of nitrogens with zero attached hydrogens (tertiary/aromatic N) is 6. The SMILES string of the molecule is CN(CCN(C)C(=O)OCc1ccc(O[C@@H]2OC[C@@H](O)[C@H](O)[C@H]2O)c(NC(=O)CCNC(=O)Cc2ccc(-c3nncnn3)cc2)c1)C(=O)OCC(=O)[C@@]12O[C@H](c3ccc(CC45CC(N)(C4)C5)cc3)O[C@@H]1C[C@H]1[C@@H]3CCC4=CC(=O)C=C[C@]4(C)[C@H]3[C@@H](O)C[C@@]12C. The minimum absolute atomic E-state index is 0.00109. The lowest BCUT2D eigenvalue weighted by atomic mass is 9.38. The molecule has 4 amide bonds. The van der Waals surface area contributed by atoms with E-state index in [4.69, 9.17) is 34.2 Å². The molecule has 7 aliphatic carbocycles. The van der Waals surface area contributed by atoms with Crippen molar-refractivity contribution in [2.24, 2.45) is 39.7 Å². The van der Waals surface area contributed by atoms with Gasteiger partial charge in [-0.2, -0.15) is 0 Å². The van der Waals surface area contributed by atoms with Crippen LogP contribution in [0.2, 0.25) is 0 Å². The summed E-state index contributed by atoms with van der Waals surface area (Å²) in [5, 5.41) is 64.0. The van der Waals surface area contributed by atoms with E-state index in [1.807, 2.05) is 25.1 Å². The summed E-state index contributed by atoms with van der Waals surface area (Å²) in [7, 11) is 2.95. The molecule has 25 heteroatoms. The number of aromatic nitrogens is 4. The zero-order chi connectivity index (χ0) is 63.5. The number of aliphatic hydroxyl groups excluding tert-OH is 4. The quantitative estimate of drug-likeness (QED) is 0.0661. The average molecular weight is 1240 g/mol. The number of nitrogens with one attached hydrogen (secondary N) is 2. The number of Topliss-reactive ketones (excluding diaryl/α,β-unsaturated/α-hetero) is 1. The summed E-state index contributed by atoms with van der Waals surface area (Å²) in [5.41, 5.74) is 8.32. The number of carbonyl (C=O) groups is 6. The maximum Gasteiger partial charge on any atom is 0.409 e. The molecule has 0 unspecified atom stereocenters. The van der Waals surface area contributed by atoms with Crippen molar-refractivity contribution >= 4 is 41.3 Å². The van der Waals surface area contributed by atoms with E-state index in [0.717, 1.165) is 36.8 Å². The number of amides is 4. The van der Waals surface area contributed by atoms with Gasteiger partial charge in [0.1, 0.15) is 30.7 Å².